The minimum Gasteiger partial charge on any atom is -0.401 e. The van der Waals surface area contributed by atoms with Crippen molar-refractivity contribution in [2.75, 3.05) is 0 Å². The molecular formula is C11H16N2. The molecule has 2 nitrogen and oxygen atoms in total. The summed E-state index contributed by atoms with van der Waals surface area (Å²) in [6.07, 6.45) is 1.82. The summed E-state index contributed by atoms with van der Waals surface area (Å²) in [6, 6.07) is 8.44. The van der Waals surface area contributed by atoms with E-state index in [1.54, 1.807) is 0 Å². The smallest absolute Gasteiger partial charge is 0.0395 e. The van der Waals surface area contributed by atoms with E-state index in [0.717, 1.165) is 12.2 Å². The lowest BCUT2D eigenvalue weighted by Crippen LogP contribution is -2.07. The normalized spacial score (nSPS) is 11.4. The van der Waals surface area contributed by atoms with E-state index < -0.39 is 0 Å². The van der Waals surface area contributed by atoms with Gasteiger partial charge in [0.2, 0.25) is 0 Å². The van der Waals surface area contributed by atoms with E-state index in [1.165, 1.54) is 11.1 Å². The summed E-state index contributed by atoms with van der Waals surface area (Å²) >= 11 is 0. The second-order valence-electron chi connectivity index (χ2n) is 3.25. The monoisotopic (exact) mass is 176 g/mol. The van der Waals surface area contributed by atoms with Crippen LogP contribution in [0.1, 0.15) is 18.1 Å². The fourth-order valence-electron chi connectivity index (χ4n) is 1.04. The fraction of sp³-hybridized carbons (Fsp3) is 0.273. The van der Waals surface area contributed by atoms with Crippen molar-refractivity contribution in [2.24, 2.45) is 5.73 Å². The van der Waals surface area contributed by atoms with Gasteiger partial charge in [-0.3, -0.25) is 0 Å². The molecule has 0 amide bonds. The van der Waals surface area contributed by atoms with Gasteiger partial charge in [0, 0.05) is 18.4 Å². The maximum Gasteiger partial charge on any atom is 0.0395 e. The van der Waals surface area contributed by atoms with Crippen LogP contribution in [0.5, 0.6) is 0 Å². The summed E-state index contributed by atoms with van der Waals surface area (Å²) in [5.41, 5.74) is 8.83. The van der Waals surface area contributed by atoms with Gasteiger partial charge >= 0.3 is 0 Å². The van der Waals surface area contributed by atoms with E-state index in [4.69, 9.17) is 5.73 Å². The molecule has 2 heteroatoms. The van der Waals surface area contributed by atoms with Crippen molar-refractivity contribution in [1.29, 1.82) is 0 Å². The van der Waals surface area contributed by atoms with Crippen LogP contribution in [0.15, 0.2) is 36.2 Å². The Morgan fingerprint density at radius 3 is 2.54 bits per heavy atom. The van der Waals surface area contributed by atoms with Gasteiger partial charge in [-0.05, 0) is 19.4 Å². The molecule has 0 aliphatic rings. The fourth-order valence-corrected chi connectivity index (χ4v) is 1.04. The van der Waals surface area contributed by atoms with Gasteiger partial charge in [0.25, 0.3) is 0 Å². The predicted octanol–water partition coefficient (Wildman–Crippen LogP) is 1.90. The molecule has 0 bridgehead atoms. The summed E-state index contributed by atoms with van der Waals surface area (Å²) < 4.78 is 0. The molecule has 0 heterocycles. The molecule has 13 heavy (non-hydrogen) atoms. The van der Waals surface area contributed by atoms with E-state index in [0.29, 0.717) is 0 Å². The first-order valence-electron chi connectivity index (χ1n) is 4.39. The minimum atomic E-state index is 0.798. The highest BCUT2D eigenvalue weighted by Crippen LogP contribution is 2.02. The first-order chi connectivity index (χ1) is 6.18. The Morgan fingerprint density at radius 1 is 1.38 bits per heavy atom. The Morgan fingerprint density at radius 2 is 2.00 bits per heavy atom. The Hall–Kier alpha value is -1.44. The summed E-state index contributed by atoms with van der Waals surface area (Å²) in [5, 5.41) is 3.13. The molecule has 0 spiro atoms. The zero-order chi connectivity index (χ0) is 9.68. The van der Waals surface area contributed by atoms with Crippen LogP contribution in [0.3, 0.4) is 0 Å². The van der Waals surface area contributed by atoms with Gasteiger partial charge < -0.3 is 11.1 Å². The number of allylic oxidation sites excluding steroid dienone is 1. The number of hydrogen-bond donors (Lipinski definition) is 2. The van der Waals surface area contributed by atoms with Crippen molar-refractivity contribution in [2.45, 2.75) is 20.4 Å². The predicted molar refractivity (Wildman–Crippen MR) is 56.0 cm³/mol. The zero-order valence-corrected chi connectivity index (χ0v) is 8.17. The first kappa shape index (κ1) is 9.65. The molecule has 1 rings (SSSR count). The highest BCUT2D eigenvalue weighted by atomic mass is 14.8. The molecule has 70 valence electrons. The lowest BCUT2D eigenvalue weighted by atomic mass is 10.1. The Bertz CT molecular complexity index is 281. The summed E-state index contributed by atoms with van der Waals surface area (Å²) in [5.74, 6) is 0. The number of nitrogens with two attached hydrogens (primary N) is 1. The largest absolute Gasteiger partial charge is 0.401 e. The maximum absolute atomic E-state index is 5.48. The van der Waals surface area contributed by atoms with Gasteiger partial charge in [-0.1, -0.05) is 29.8 Å². The lowest BCUT2D eigenvalue weighted by Gasteiger charge is -2.02. The van der Waals surface area contributed by atoms with Crippen LogP contribution in [-0.4, -0.2) is 0 Å². The molecule has 0 atom stereocenters. The highest BCUT2D eigenvalue weighted by molar-refractivity contribution is 5.21. The van der Waals surface area contributed by atoms with Crippen molar-refractivity contribution >= 4 is 0 Å². The van der Waals surface area contributed by atoms with Crippen molar-refractivity contribution in [1.82, 2.24) is 5.32 Å². The van der Waals surface area contributed by atoms with E-state index in [2.05, 4.69) is 36.5 Å². The standard InChI is InChI=1S/C11H16N2/c1-9-3-5-11(6-4-9)8-13-7-10(2)12/h3-7,13H,8,12H2,1-2H3/b10-7-. The van der Waals surface area contributed by atoms with Crippen LogP contribution in [0.4, 0.5) is 0 Å². The summed E-state index contributed by atoms with van der Waals surface area (Å²) in [4.78, 5) is 0. The Balaban J connectivity index is 2.46. The van der Waals surface area contributed by atoms with Gasteiger partial charge in [-0.15, -0.1) is 0 Å². The van der Waals surface area contributed by atoms with Crippen LogP contribution in [0.25, 0.3) is 0 Å². The van der Waals surface area contributed by atoms with Gasteiger partial charge in [-0.25, -0.2) is 0 Å². The minimum absolute atomic E-state index is 0.798. The molecule has 3 N–H and O–H groups in total. The van der Waals surface area contributed by atoms with Crippen LogP contribution in [0.2, 0.25) is 0 Å². The molecule has 0 saturated carbocycles. The van der Waals surface area contributed by atoms with Crippen molar-refractivity contribution in [3.63, 3.8) is 0 Å². The zero-order valence-electron chi connectivity index (χ0n) is 8.17. The lowest BCUT2D eigenvalue weighted by molar-refractivity contribution is 0.857. The third-order valence-electron chi connectivity index (χ3n) is 1.76. The topological polar surface area (TPSA) is 38.0 Å². The number of benzene rings is 1. The summed E-state index contributed by atoms with van der Waals surface area (Å²) in [7, 11) is 0. The first-order valence-corrected chi connectivity index (χ1v) is 4.39. The molecule has 0 fully saturated rings. The van der Waals surface area contributed by atoms with Gasteiger partial charge in [0.15, 0.2) is 0 Å². The van der Waals surface area contributed by atoms with Gasteiger partial charge in [0.05, 0.1) is 0 Å². The highest BCUT2D eigenvalue weighted by Gasteiger charge is 1.89. The van der Waals surface area contributed by atoms with Crippen LogP contribution in [-0.2, 0) is 6.54 Å². The second-order valence-corrected chi connectivity index (χ2v) is 3.25. The average molecular weight is 176 g/mol. The SMILES string of the molecule is C/C(N)=C/NCc1ccc(C)cc1. The van der Waals surface area contributed by atoms with Gasteiger partial charge in [-0.2, -0.15) is 0 Å². The quantitative estimate of drug-likeness (QED) is 0.738. The van der Waals surface area contributed by atoms with Crippen molar-refractivity contribution < 1.29 is 0 Å². The van der Waals surface area contributed by atoms with Crippen molar-refractivity contribution in [3.8, 4) is 0 Å². The third-order valence-corrected chi connectivity index (χ3v) is 1.76. The third kappa shape index (κ3) is 3.65. The molecule has 1 aromatic carbocycles. The molecular weight excluding hydrogens is 160 g/mol. The second kappa shape index (κ2) is 4.55. The van der Waals surface area contributed by atoms with Crippen LogP contribution < -0.4 is 11.1 Å². The Labute approximate surface area is 79.5 Å². The van der Waals surface area contributed by atoms with E-state index >= 15 is 0 Å². The number of nitrogens with one attached hydrogen (secondary N) is 1. The molecule has 1 aromatic rings. The van der Waals surface area contributed by atoms with E-state index in [9.17, 15) is 0 Å². The van der Waals surface area contributed by atoms with Crippen molar-refractivity contribution in [3.05, 3.63) is 47.3 Å². The molecule has 0 unspecified atom stereocenters. The molecule has 0 radical (unpaired) electrons. The Kier molecular flexibility index (Phi) is 3.38. The molecule has 0 aliphatic carbocycles. The van der Waals surface area contributed by atoms with Crippen LogP contribution in [0, 0.1) is 6.92 Å². The van der Waals surface area contributed by atoms with E-state index in [-0.39, 0.29) is 0 Å². The number of hydrogen-bond acceptors (Lipinski definition) is 2. The maximum atomic E-state index is 5.48. The molecule has 0 saturated heterocycles. The number of aryl methyl sites for hydroxylation is 1. The number of rotatable bonds is 3. The molecule has 0 aromatic heterocycles. The average Bonchev–Trinajstić information content (AvgIpc) is 2.08. The molecule has 0 aliphatic heterocycles. The summed E-state index contributed by atoms with van der Waals surface area (Å²) in [6.45, 7) is 4.78. The van der Waals surface area contributed by atoms with Gasteiger partial charge in [0.1, 0.15) is 0 Å². The van der Waals surface area contributed by atoms with Crippen LogP contribution >= 0.6 is 0 Å². The van der Waals surface area contributed by atoms with E-state index in [1.807, 2.05) is 13.1 Å².